The highest BCUT2D eigenvalue weighted by molar-refractivity contribution is 7.11. The number of aromatic nitrogens is 3. The molecule has 1 atom stereocenters. The van der Waals surface area contributed by atoms with E-state index in [1.807, 2.05) is 31.2 Å². The Labute approximate surface area is 193 Å². The number of thiazole rings is 1. The summed E-state index contributed by atoms with van der Waals surface area (Å²) in [7, 11) is 0. The van der Waals surface area contributed by atoms with E-state index in [0.29, 0.717) is 40.5 Å². The summed E-state index contributed by atoms with van der Waals surface area (Å²) in [5.41, 5.74) is 8.71. The first kappa shape index (κ1) is 21.2. The first-order chi connectivity index (χ1) is 16.0. The number of benzene rings is 2. The summed E-state index contributed by atoms with van der Waals surface area (Å²) >= 11 is 1.55. The fourth-order valence-electron chi connectivity index (χ4n) is 4.16. The SMILES string of the molecule is Cc1ncc(COc2ccc3oc(C)c(C(N)=O)c3c2C(CO)c2nc3ccccc3[nH]2)s1. The van der Waals surface area contributed by atoms with E-state index in [0.717, 1.165) is 20.9 Å². The molecule has 0 bridgehead atoms. The first-order valence-corrected chi connectivity index (χ1v) is 11.2. The van der Waals surface area contributed by atoms with Crippen LogP contribution >= 0.6 is 11.3 Å². The molecule has 0 saturated carbocycles. The predicted molar refractivity (Wildman–Crippen MR) is 126 cm³/mol. The highest BCUT2D eigenvalue weighted by Crippen LogP contribution is 2.41. The summed E-state index contributed by atoms with van der Waals surface area (Å²) in [6, 6.07) is 11.2. The van der Waals surface area contributed by atoms with Crippen LogP contribution in [0, 0.1) is 13.8 Å². The Bertz CT molecular complexity index is 1450. The Balaban J connectivity index is 1.70. The summed E-state index contributed by atoms with van der Waals surface area (Å²) in [6.45, 7) is 3.66. The lowest BCUT2D eigenvalue weighted by Crippen LogP contribution is -2.15. The third kappa shape index (κ3) is 3.75. The predicted octanol–water partition coefficient (Wildman–Crippen LogP) is 4.18. The molecule has 3 heterocycles. The van der Waals surface area contributed by atoms with Gasteiger partial charge in [-0.1, -0.05) is 12.1 Å². The normalized spacial score (nSPS) is 12.5. The van der Waals surface area contributed by atoms with Crippen molar-refractivity contribution >= 4 is 39.2 Å². The number of nitrogens with zero attached hydrogens (tertiary/aromatic N) is 2. The number of ether oxygens (including phenoxy) is 1. The standard InChI is InChI=1S/C24H22N4O4S/c1-12-20(23(25)30)22-19(32-12)8-7-18(31-11-14-9-26-13(2)33-14)21(22)15(10-29)24-27-16-5-3-4-6-17(16)28-24/h3-9,15,29H,10-11H2,1-2H3,(H2,25,30)(H,27,28). The highest BCUT2D eigenvalue weighted by atomic mass is 32.1. The number of imidazole rings is 1. The summed E-state index contributed by atoms with van der Waals surface area (Å²) in [5.74, 6) is 0.268. The van der Waals surface area contributed by atoms with Crippen LogP contribution in [0.2, 0.25) is 0 Å². The number of amides is 1. The van der Waals surface area contributed by atoms with E-state index in [4.69, 9.17) is 14.9 Å². The molecule has 4 N–H and O–H groups in total. The number of nitrogens with one attached hydrogen (secondary N) is 1. The number of rotatable bonds is 7. The molecule has 8 nitrogen and oxygen atoms in total. The topological polar surface area (TPSA) is 127 Å². The molecule has 1 unspecified atom stereocenters. The van der Waals surface area contributed by atoms with Crippen molar-refractivity contribution in [3.63, 3.8) is 0 Å². The maximum absolute atomic E-state index is 12.4. The van der Waals surface area contributed by atoms with E-state index < -0.39 is 11.8 Å². The molecule has 9 heteroatoms. The minimum atomic E-state index is -0.607. The average molecular weight is 463 g/mol. The minimum absolute atomic E-state index is 0.266. The summed E-state index contributed by atoms with van der Waals surface area (Å²) in [6.07, 6.45) is 1.78. The lowest BCUT2D eigenvalue weighted by atomic mass is 9.92. The Morgan fingerprint density at radius 1 is 1.27 bits per heavy atom. The van der Waals surface area contributed by atoms with Gasteiger partial charge in [0, 0.05) is 17.1 Å². The third-order valence-electron chi connectivity index (χ3n) is 5.59. The number of carbonyl (C=O) groups is 1. The van der Waals surface area contributed by atoms with Crippen molar-refractivity contribution in [2.45, 2.75) is 26.4 Å². The maximum Gasteiger partial charge on any atom is 0.252 e. The summed E-state index contributed by atoms with van der Waals surface area (Å²) < 4.78 is 12.0. The summed E-state index contributed by atoms with van der Waals surface area (Å²) in [4.78, 5) is 25.6. The van der Waals surface area contributed by atoms with Crippen LogP contribution in [-0.4, -0.2) is 32.6 Å². The van der Waals surface area contributed by atoms with E-state index in [1.165, 1.54) is 0 Å². The number of hydrogen-bond acceptors (Lipinski definition) is 7. The van der Waals surface area contributed by atoms with Crippen LogP contribution in [-0.2, 0) is 6.61 Å². The van der Waals surface area contributed by atoms with Gasteiger partial charge in [0.25, 0.3) is 5.91 Å². The molecule has 0 radical (unpaired) electrons. The number of aryl methyl sites for hydroxylation is 2. The Morgan fingerprint density at radius 2 is 2.09 bits per heavy atom. The van der Waals surface area contributed by atoms with Gasteiger partial charge in [0.05, 0.1) is 39.0 Å². The number of hydrogen-bond donors (Lipinski definition) is 3. The molecule has 3 aromatic heterocycles. The van der Waals surface area contributed by atoms with E-state index in [9.17, 15) is 9.90 Å². The number of nitrogens with two attached hydrogens (primary N) is 1. The van der Waals surface area contributed by atoms with Crippen LogP contribution in [0.5, 0.6) is 5.75 Å². The first-order valence-electron chi connectivity index (χ1n) is 10.4. The zero-order valence-corrected chi connectivity index (χ0v) is 18.9. The molecule has 168 valence electrons. The smallest absolute Gasteiger partial charge is 0.252 e. The Hall–Kier alpha value is -3.69. The summed E-state index contributed by atoms with van der Waals surface area (Å²) in [5, 5.41) is 12.0. The number of aliphatic hydroxyl groups is 1. The molecule has 2 aromatic carbocycles. The van der Waals surface area contributed by atoms with Crippen LogP contribution in [0.15, 0.2) is 47.0 Å². The van der Waals surface area contributed by atoms with E-state index >= 15 is 0 Å². The third-order valence-corrected chi connectivity index (χ3v) is 6.47. The number of H-pyrrole nitrogens is 1. The molecule has 0 aliphatic heterocycles. The Kier molecular flexibility index (Phi) is 5.35. The van der Waals surface area contributed by atoms with Gasteiger partial charge in [0.2, 0.25) is 0 Å². The van der Waals surface area contributed by atoms with Crippen molar-refractivity contribution in [1.29, 1.82) is 0 Å². The monoisotopic (exact) mass is 462 g/mol. The molecule has 0 aliphatic carbocycles. The van der Waals surface area contributed by atoms with Crippen molar-refractivity contribution in [3.8, 4) is 5.75 Å². The van der Waals surface area contributed by atoms with Gasteiger partial charge in [0.1, 0.15) is 29.5 Å². The number of aliphatic hydroxyl groups excluding tert-OH is 1. The molecule has 0 saturated heterocycles. The van der Waals surface area contributed by atoms with Crippen molar-refractivity contribution in [3.05, 3.63) is 75.2 Å². The second-order valence-electron chi connectivity index (χ2n) is 7.76. The average Bonchev–Trinajstić information content (AvgIpc) is 3.49. The second-order valence-corrected chi connectivity index (χ2v) is 9.08. The van der Waals surface area contributed by atoms with Gasteiger partial charge in [-0.2, -0.15) is 0 Å². The van der Waals surface area contributed by atoms with Crippen LogP contribution in [0.25, 0.3) is 22.0 Å². The molecule has 5 rings (SSSR count). The van der Waals surface area contributed by atoms with Gasteiger partial charge >= 0.3 is 0 Å². The molecular formula is C24H22N4O4S. The molecule has 0 aliphatic rings. The molecule has 5 aromatic rings. The lowest BCUT2D eigenvalue weighted by Gasteiger charge is -2.19. The molecular weight excluding hydrogens is 440 g/mol. The van der Waals surface area contributed by atoms with Gasteiger partial charge in [-0.3, -0.25) is 4.79 Å². The lowest BCUT2D eigenvalue weighted by molar-refractivity contribution is 0.1000. The quantitative estimate of drug-likeness (QED) is 0.333. The van der Waals surface area contributed by atoms with Crippen molar-refractivity contribution in [1.82, 2.24) is 15.0 Å². The van der Waals surface area contributed by atoms with Crippen molar-refractivity contribution in [2.24, 2.45) is 5.73 Å². The minimum Gasteiger partial charge on any atom is -0.488 e. The van der Waals surface area contributed by atoms with Crippen molar-refractivity contribution < 1.29 is 19.1 Å². The van der Waals surface area contributed by atoms with Gasteiger partial charge < -0.3 is 25.0 Å². The van der Waals surface area contributed by atoms with Crippen LogP contribution < -0.4 is 10.5 Å². The largest absolute Gasteiger partial charge is 0.488 e. The molecule has 0 spiro atoms. The molecule has 33 heavy (non-hydrogen) atoms. The number of para-hydroxylation sites is 2. The van der Waals surface area contributed by atoms with Crippen LogP contribution in [0.1, 0.15) is 43.3 Å². The van der Waals surface area contributed by atoms with Crippen LogP contribution in [0.4, 0.5) is 0 Å². The number of fused-ring (bicyclic) bond motifs is 2. The fourth-order valence-corrected chi connectivity index (χ4v) is 4.86. The number of aromatic amines is 1. The zero-order valence-electron chi connectivity index (χ0n) is 18.1. The van der Waals surface area contributed by atoms with Gasteiger partial charge in [0.15, 0.2) is 0 Å². The number of primary amides is 1. The number of carbonyl (C=O) groups excluding carboxylic acids is 1. The van der Waals surface area contributed by atoms with E-state index in [2.05, 4.69) is 15.0 Å². The van der Waals surface area contributed by atoms with Gasteiger partial charge in [-0.15, -0.1) is 11.3 Å². The Morgan fingerprint density at radius 3 is 2.79 bits per heavy atom. The highest BCUT2D eigenvalue weighted by Gasteiger charge is 2.29. The van der Waals surface area contributed by atoms with Gasteiger partial charge in [-0.05, 0) is 38.1 Å². The van der Waals surface area contributed by atoms with Gasteiger partial charge in [-0.25, -0.2) is 9.97 Å². The van der Waals surface area contributed by atoms with E-state index in [-0.39, 0.29) is 12.2 Å². The molecule has 1 amide bonds. The zero-order chi connectivity index (χ0) is 23.1. The van der Waals surface area contributed by atoms with E-state index in [1.54, 1.807) is 36.6 Å². The van der Waals surface area contributed by atoms with Crippen LogP contribution in [0.3, 0.4) is 0 Å². The fraction of sp³-hybridized carbons (Fsp3) is 0.208. The van der Waals surface area contributed by atoms with Crippen molar-refractivity contribution in [2.75, 3.05) is 6.61 Å². The second kappa shape index (κ2) is 8.34. The molecule has 0 fully saturated rings. The number of furan rings is 1. The maximum atomic E-state index is 12.4.